The van der Waals surface area contributed by atoms with Crippen LogP contribution in [-0.2, 0) is 0 Å². The highest BCUT2D eigenvalue weighted by molar-refractivity contribution is 5.89. The molecule has 4 rings (SSSR count). The highest BCUT2D eigenvalue weighted by Gasteiger charge is 2.30. The van der Waals surface area contributed by atoms with E-state index in [9.17, 15) is 14.7 Å². The van der Waals surface area contributed by atoms with Gasteiger partial charge >= 0.3 is 5.97 Å². The Bertz CT molecular complexity index is 898. The molecule has 2 fully saturated rings. The maximum Gasteiger partial charge on any atom is 0.341 e. The van der Waals surface area contributed by atoms with Crippen molar-refractivity contribution in [3.8, 4) is 0 Å². The van der Waals surface area contributed by atoms with Gasteiger partial charge in [-0.1, -0.05) is 0 Å². The van der Waals surface area contributed by atoms with Crippen LogP contribution < -0.4 is 16.2 Å². The molecule has 1 aliphatic carbocycles. The molecule has 0 aromatic carbocycles. The molecule has 2 aromatic rings. The lowest BCUT2D eigenvalue weighted by Gasteiger charge is -2.23. The Hall–Kier alpha value is -2.34. The van der Waals surface area contributed by atoms with Crippen molar-refractivity contribution in [1.29, 1.82) is 0 Å². The van der Waals surface area contributed by atoms with Gasteiger partial charge in [-0.15, -0.1) is 0 Å². The van der Waals surface area contributed by atoms with Gasteiger partial charge in [-0.05, 0) is 55.4 Å². The van der Waals surface area contributed by atoms with Gasteiger partial charge in [0.15, 0.2) is 0 Å². The number of hydrogen-bond donors (Lipinski definition) is 2. The summed E-state index contributed by atoms with van der Waals surface area (Å²) in [6, 6.07) is 3.67. The first-order valence-corrected chi connectivity index (χ1v) is 8.40. The zero-order valence-electron chi connectivity index (χ0n) is 13.7. The Labute approximate surface area is 139 Å². The number of carboxylic acid groups (broad SMARTS) is 1. The monoisotopic (exact) mass is 327 g/mol. The lowest BCUT2D eigenvalue weighted by molar-refractivity contribution is 0.0694. The van der Waals surface area contributed by atoms with E-state index < -0.39 is 11.5 Å². The van der Waals surface area contributed by atoms with Crippen molar-refractivity contribution in [2.45, 2.75) is 38.1 Å². The standard InChI is InChI=1S/C18H21N3O3/c1-10-15(20-6-4-12(19)9-20)5-7-21-16(10)13(11-2-3-11)8-14(17(21)22)18(23)24/h5,7-8,11-12H,2-4,6,9,19H2,1H3,(H,23,24). The van der Waals surface area contributed by atoms with E-state index in [-0.39, 0.29) is 11.6 Å². The van der Waals surface area contributed by atoms with Crippen LogP contribution in [0.4, 0.5) is 5.69 Å². The van der Waals surface area contributed by atoms with Crippen LogP contribution in [0.1, 0.15) is 46.7 Å². The number of fused-ring (bicyclic) bond motifs is 1. The number of pyridine rings is 2. The maximum atomic E-state index is 12.6. The summed E-state index contributed by atoms with van der Waals surface area (Å²) in [5.74, 6) is -0.808. The molecule has 2 aromatic heterocycles. The topological polar surface area (TPSA) is 88.0 Å². The molecule has 0 amide bonds. The summed E-state index contributed by atoms with van der Waals surface area (Å²) in [7, 11) is 0. The number of aromatic nitrogens is 1. The number of rotatable bonds is 3. The predicted molar refractivity (Wildman–Crippen MR) is 92.1 cm³/mol. The molecule has 1 saturated heterocycles. The third-order valence-electron chi connectivity index (χ3n) is 5.20. The van der Waals surface area contributed by atoms with Crippen molar-refractivity contribution in [2.75, 3.05) is 18.0 Å². The zero-order valence-corrected chi connectivity index (χ0v) is 13.7. The molecule has 24 heavy (non-hydrogen) atoms. The van der Waals surface area contributed by atoms with Crippen molar-refractivity contribution in [3.63, 3.8) is 0 Å². The van der Waals surface area contributed by atoms with E-state index in [1.54, 1.807) is 12.3 Å². The summed E-state index contributed by atoms with van der Waals surface area (Å²) < 4.78 is 1.51. The van der Waals surface area contributed by atoms with Gasteiger partial charge < -0.3 is 15.7 Å². The molecule has 3 N–H and O–H groups in total. The fourth-order valence-corrected chi connectivity index (χ4v) is 3.79. The molecule has 1 unspecified atom stereocenters. The van der Waals surface area contributed by atoms with E-state index >= 15 is 0 Å². The first kappa shape index (κ1) is 15.2. The van der Waals surface area contributed by atoms with Crippen LogP contribution in [0.3, 0.4) is 0 Å². The smallest absolute Gasteiger partial charge is 0.341 e. The van der Waals surface area contributed by atoms with Crippen LogP contribution in [0.25, 0.3) is 5.52 Å². The zero-order chi connectivity index (χ0) is 17.0. The second-order valence-electron chi connectivity index (χ2n) is 6.94. The molecule has 0 bridgehead atoms. The van der Waals surface area contributed by atoms with Crippen molar-refractivity contribution in [3.05, 3.63) is 45.4 Å². The van der Waals surface area contributed by atoms with E-state index in [2.05, 4.69) is 4.90 Å². The number of nitrogens with zero attached hydrogens (tertiary/aromatic N) is 2. The number of aryl methyl sites for hydroxylation is 1. The van der Waals surface area contributed by atoms with Crippen molar-refractivity contribution < 1.29 is 9.90 Å². The minimum Gasteiger partial charge on any atom is -0.477 e. The summed E-state index contributed by atoms with van der Waals surface area (Å²) in [6.45, 7) is 3.74. The van der Waals surface area contributed by atoms with E-state index in [1.165, 1.54) is 4.40 Å². The van der Waals surface area contributed by atoms with Gasteiger partial charge in [-0.2, -0.15) is 0 Å². The van der Waals surface area contributed by atoms with Crippen LogP contribution in [0.15, 0.2) is 23.1 Å². The number of nitrogens with two attached hydrogens (primary N) is 1. The first-order chi connectivity index (χ1) is 11.5. The van der Waals surface area contributed by atoms with Gasteiger partial charge in [0.05, 0.1) is 5.52 Å². The fourth-order valence-electron chi connectivity index (χ4n) is 3.79. The first-order valence-electron chi connectivity index (χ1n) is 8.40. The molecule has 1 aliphatic heterocycles. The van der Waals surface area contributed by atoms with Gasteiger partial charge in [0.1, 0.15) is 5.56 Å². The van der Waals surface area contributed by atoms with Gasteiger partial charge in [-0.25, -0.2) is 4.79 Å². The predicted octanol–water partition coefficient (Wildman–Crippen LogP) is 1.72. The SMILES string of the molecule is Cc1c(N2CCC(N)C2)ccn2c(=O)c(C(=O)O)cc(C3CC3)c12. The number of anilines is 1. The summed E-state index contributed by atoms with van der Waals surface area (Å²) >= 11 is 0. The summed E-state index contributed by atoms with van der Waals surface area (Å²) in [4.78, 5) is 26.2. The molecule has 0 spiro atoms. The lowest BCUT2D eigenvalue weighted by Crippen LogP contribution is -2.28. The molecule has 1 saturated carbocycles. The van der Waals surface area contributed by atoms with Crippen LogP contribution in [0.2, 0.25) is 0 Å². The highest BCUT2D eigenvalue weighted by atomic mass is 16.4. The molecular formula is C18H21N3O3. The number of carbonyl (C=O) groups is 1. The third-order valence-corrected chi connectivity index (χ3v) is 5.20. The van der Waals surface area contributed by atoms with Crippen LogP contribution in [0.5, 0.6) is 0 Å². The van der Waals surface area contributed by atoms with Gasteiger partial charge in [0, 0.05) is 31.0 Å². The fraction of sp³-hybridized carbons (Fsp3) is 0.444. The van der Waals surface area contributed by atoms with Crippen LogP contribution in [0, 0.1) is 6.92 Å². The molecule has 1 atom stereocenters. The highest BCUT2D eigenvalue weighted by Crippen LogP contribution is 2.43. The van der Waals surface area contributed by atoms with Crippen LogP contribution >= 0.6 is 0 Å². The molecule has 6 heteroatoms. The van der Waals surface area contributed by atoms with Gasteiger partial charge in [-0.3, -0.25) is 9.20 Å². The number of carboxylic acids is 1. The average Bonchev–Trinajstić information content (AvgIpc) is 3.29. The second kappa shape index (κ2) is 5.34. The second-order valence-corrected chi connectivity index (χ2v) is 6.94. The summed E-state index contributed by atoms with van der Waals surface area (Å²) in [5.41, 5.74) is 9.38. The Morgan fingerprint density at radius 1 is 1.33 bits per heavy atom. The lowest BCUT2D eigenvalue weighted by atomic mass is 10.0. The minimum absolute atomic E-state index is 0.148. The maximum absolute atomic E-state index is 12.6. The number of hydrogen-bond acceptors (Lipinski definition) is 4. The average molecular weight is 327 g/mol. The third kappa shape index (κ3) is 2.29. The van der Waals surface area contributed by atoms with Crippen molar-refractivity contribution in [2.24, 2.45) is 5.73 Å². The van der Waals surface area contributed by atoms with E-state index in [4.69, 9.17) is 5.73 Å². The Morgan fingerprint density at radius 3 is 2.67 bits per heavy atom. The molecule has 126 valence electrons. The van der Waals surface area contributed by atoms with Gasteiger partial charge in [0.2, 0.25) is 0 Å². The number of aromatic carboxylic acids is 1. The molecular weight excluding hydrogens is 306 g/mol. The largest absolute Gasteiger partial charge is 0.477 e. The van der Waals surface area contributed by atoms with Gasteiger partial charge in [0.25, 0.3) is 5.56 Å². The van der Waals surface area contributed by atoms with E-state index in [1.807, 2.05) is 13.0 Å². The van der Waals surface area contributed by atoms with Crippen LogP contribution in [-0.4, -0.2) is 34.6 Å². The Morgan fingerprint density at radius 2 is 2.08 bits per heavy atom. The molecule has 3 heterocycles. The summed E-state index contributed by atoms with van der Waals surface area (Å²) in [5, 5.41) is 9.34. The Kier molecular flexibility index (Phi) is 3.38. The normalized spacial score (nSPS) is 20.8. The summed E-state index contributed by atoms with van der Waals surface area (Å²) in [6.07, 6.45) is 4.77. The van der Waals surface area contributed by atoms with Crippen molar-refractivity contribution >= 4 is 17.2 Å². The van der Waals surface area contributed by atoms with E-state index in [0.717, 1.165) is 54.7 Å². The minimum atomic E-state index is -1.16. The quantitative estimate of drug-likeness (QED) is 0.896. The van der Waals surface area contributed by atoms with E-state index in [0.29, 0.717) is 5.92 Å². The molecule has 2 aliphatic rings. The van der Waals surface area contributed by atoms with Crippen molar-refractivity contribution in [1.82, 2.24) is 4.40 Å². The Balaban J connectivity index is 1.97. The molecule has 6 nitrogen and oxygen atoms in total. The molecule has 0 radical (unpaired) electrons.